The van der Waals surface area contributed by atoms with Gasteiger partial charge in [0.1, 0.15) is 11.1 Å². The van der Waals surface area contributed by atoms with E-state index >= 15 is 0 Å². The number of nitrogens with one attached hydrogen (secondary N) is 2. The van der Waals surface area contributed by atoms with Crippen molar-refractivity contribution in [2.75, 3.05) is 32.5 Å². The summed E-state index contributed by atoms with van der Waals surface area (Å²) >= 11 is 1.52. The lowest BCUT2D eigenvalue weighted by Crippen LogP contribution is -2.37. The van der Waals surface area contributed by atoms with Crippen molar-refractivity contribution in [3.8, 4) is 5.69 Å². The number of nitrogens with zero attached hydrogens (tertiary/aromatic N) is 4. The number of aromatic nitrogens is 3. The average molecular weight is 549 g/mol. The Bertz CT molecular complexity index is 1490. The van der Waals surface area contributed by atoms with Gasteiger partial charge in [-0.1, -0.05) is 42.1 Å². The summed E-state index contributed by atoms with van der Waals surface area (Å²) in [5.41, 5.74) is 1.25. The largest absolute Gasteiger partial charge is 0.444 e. The fraction of sp³-hybridized carbons (Fsp3) is 0.345. The second-order valence-corrected chi connectivity index (χ2v) is 11.6. The monoisotopic (exact) mass is 548 g/mol. The minimum absolute atomic E-state index is 0.227. The van der Waals surface area contributed by atoms with Crippen LogP contribution in [0, 0.1) is 0 Å². The third-order valence-electron chi connectivity index (χ3n) is 5.79. The van der Waals surface area contributed by atoms with Crippen LogP contribution in [0.5, 0.6) is 0 Å². The zero-order valence-electron chi connectivity index (χ0n) is 23.3. The number of fused-ring (bicyclic) bond motifs is 1. The van der Waals surface area contributed by atoms with Crippen molar-refractivity contribution in [2.45, 2.75) is 49.1 Å². The topological polar surface area (TPSA) is 92.9 Å². The fourth-order valence-electron chi connectivity index (χ4n) is 4.03. The van der Waals surface area contributed by atoms with Gasteiger partial charge in [-0.15, -0.1) is 0 Å². The molecule has 2 heterocycles. The lowest BCUT2D eigenvalue weighted by Gasteiger charge is -2.23. The minimum atomic E-state index is -0.648. The number of hydrogen-bond donors (Lipinski definition) is 2. The van der Waals surface area contributed by atoms with Crippen molar-refractivity contribution in [1.82, 2.24) is 24.4 Å². The van der Waals surface area contributed by atoms with E-state index in [1.165, 1.54) is 11.8 Å². The highest BCUT2D eigenvalue weighted by Crippen LogP contribution is 2.35. The smallest absolute Gasteiger partial charge is 0.408 e. The number of anilines is 1. The predicted molar refractivity (Wildman–Crippen MR) is 156 cm³/mol. The molecule has 0 saturated heterocycles. The SMILES string of the molecule is C[C@H](NC(=O)OC(C)(C)C)c1nn2ccc(Sc3ccccc3NCCN(C)C)c2c(=O)n1-c1ccccc1. The van der Waals surface area contributed by atoms with Crippen molar-refractivity contribution in [3.05, 3.63) is 83.0 Å². The standard InChI is InChI=1S/C29H36N6O3S/c1-20(31-28(37)38-29(2,3)4)26-32-34-18-16-24(25(34)27(36)35(26)21-12-8-7-9-13-21)39-23-15-11-10-14-22(23)30-17-19-33(5)6/h7-16,18,20,30H,17,19H2,1-6H3,(H,31,37)/t20-/m0/s1. The molecule has 0 radical (unpaired) electrons. The highest BCUT2D eigenvalue weighted by molar-refractivity contribution is 7.99. The van der Waals surface area contributed by atoms with Gasteiger partial charge in [-0.2, -0.15) is 5.10 Å². The average Bonchev–Trinajstić information content (AvgIpc) is 3.27. The summed E-state index contributed by atoms with van der Waals surface area (Å²) < 4.78 is 8.58. The van der Waals surface area contributed by atoms with Crippen LogP contribution in [0.4, 0.5) is 10.5 Å². The molecule has 2 aromatic heterocycles. The maximum Gasteiger partial charge on any atom is 0.408 e. The molecule has 0 bridgehead atoms. The van der Waals surface area contributed by atoms with Crippen LogP contribution in [0.1, 0.15) is 39.6 Å². The Kier molecular flexibility index (Phi) is 8.66. The van der Waals surface area contributed by atoms with Crippen LogP contribution in [-0.2, 0) is 4.74 Å². The van der Waals surface area contributed by atoms with Gasteiger partial charge in [0.05, 0.1) is 11.7 Å². The van der Waals surface area contributed by atoms with Crippen LogP contribution in [-0.4, -0.2) is 58.0 Å². The maximum absolute atomic E-state index is 14.1. The van der Waals surface area contributed by atoms with Gasteiger partial charge in [0, 0.05) is 34.8 Å². The molecule has 206 valence electrons. The van der Waals surface area contributed by atoms with E-state index in [2.05, 4.69) is 15.5 Å². The molecule has 0 aliphatic rings. The predicted octanol–water partition coefficient (Wildman–Crippen LogP) is 5.20. The third-order valence-corrected chi connectivity index (χ3v) is 6.92. The second kappa shape index (κ2) is 12.0. The number of carbonyl (C=O) groups excluding carboxylic acids is 1. The highest BCUT2D eigenvalue weighted by Gasteiger charge is 2.24. The Hall–Kier alpha value is -3.76. The minimum Gasteiger partial charge on any atom is -0.444 e. The van der Waals surface area contributed by atoms with E-state index in [4.69, 9.17) is 9.84 Å². The fourth-order valence-corrected chi connectivity index (χ4v) is 5.07. The van der Waals surface area contributed by atoms with Crippen molar-refractivity contribution >= 4 is 29.1 Å². The summed E-state index contributed by atoms with van der Waals surface area (Å²) in [7, 11) is 4.08. The first-order chi connectivity index (χ1) is 18.5. The molecule has 0 saturated carbocycles. The quantitative estimate of drug-likeness (QED) is 0.297. The molecular weight excluding hydrogens is 512 g/mol. The summed E-state index contributed by atoms with van der Waals surface area (Å²) in [6.07, 6.45) is 1.20. The summed E-state index contributed by atoms with van der Waals surface area (Å²) in [5, 5.41) is 11.1. The summed E-state index contributed by atoms with van der Waals surface area (Å²) in [4.78, 5) is 30.5. The molecule has 1 atom stereocenters. The van der Waals surface area contributed by atoms with Gasteiger partial charge < -0.3 is 20.3 Å². The van der Waals surface area contributed by atoms with Crippen molar-refractivity contribution < 1.29 is 9.53 Å². The van der Waals surface area contributed by atoms with E-state index in [-0.39, 0.29) is 5.56 Å². The Labute approximate surface area is 233 Å². The molecule has 9 nitrogen and oxygen atoms in total. The second-order valence-electron chi connectivity index (χ2n) is 10.5. The molecule has 0 spiro atoms. The number of rotatable bonds is 9. The van der Waals surface area contributed by atoms with Crippen LogP contribution in [0.15, 0.2) is 81.4 Å². The van der Waals surface area contributed by atoms with Crippen molar-refractivity contribution in [3.63, 3.8) is 0 Å². The first kappa shape index (κ1) is 28.3. The zero-order chi connectivity index (χ0) is 28.2. The Morgan fingerprint density at radius 1 is 1.05 bits per heavy atom. The number of hydrogen-bond acceptors (Lipinski definition) is 7. The lowest BCUT2D eigenvalue weighted by molar-refractivity contribution is 0.0505. The summed E-state index contributed by atoms with van der Waals surface area (Å²) in [5.74, 6) is 0.391. The molecule has 4 aromatic rings. The number of likely N-dealkylation sites (N-methyl/N-ethyl adjacent to an activating group) is 1. The van der Waals surface area contributed by atoms with Crippen LogP contribution >= 0.6 is 11.8 Å². The molecule has 0 unspecified atom stereocenters. The van der Waals surface area contributed by atoms with Crippen LogP contribution in [0.25, 0.3) is 11.2 Å². The molecule has 0 aliphatic heterocycles. The number of ether oxygens (including phenoxy) is 1. The van der Waals surface area contributed by atoms with Gasteiger partial charge in [-0.05, 0) is 72.1 Å². The third kappa shape index (κ3) is 7.01. The molecule has 4 rings (SSSR count). The Morgan fingerprint density at radius 3 is 2.44 bits per heavy atom. The van der Waals surface area contributed by atoms with Crippen molar-refractivity contribution in [2.24, 2.45) is 0 Å². The zero-order valence-corrected chi connectivity index (χ0v) is 24.1. The number of carbonyl (C=O) groups is 1. The number of para-hydroxylation sites is 2. The molecule has 0 fully saturated rings. The van der Waals surface area contributed by atoms with E-state index in [0.717, 1.165) is 28.6 Å². The van der Waals surface area contributed by atoms with Crippen LogP contribution in [0.2, 0.25) is 0 Å². The number of benzene rings is 2. The number of amides is 1. The van der Waals surface area contributed by atoms with Crippen molar-refractivity contribution in [1.29, 1.82) is 0 Å². The Balaban J connectivity index is 1.75. The first-order valence-corrected chi connectivity index (χ1v) is 13.7. The van der Waals surface area contributed by atoms with Gasteiger partial charge in [0.2, 0.25) is 0 Å². The summed E-state index contributed by atoms with van der Waals surface area (Å²) in [6.45, 7) is 8.89. The van der Waals surface area contributed by atoms with Crippen LogP contribution in [0.3, 0.4) is 0 Å². The van der Waals surface area contributed by atoms with E-state index in [1.54, 1.807) is 43.0 Å². The Morgan fingerprint density at radius 2 is 1.74 bits per heavy atom. The molecule has 10 heteroatoms. The van der Waals surface area contributed by atoms with E-state index in [1.807, 2.05) is 74.8 Å². The van der Waals surface area contributed by atoms with Gasteiger partial charge in [-0.3, -0.25) is 9.36 Å². The van der Waals surface area contributed by atoms with Crippen LogP contribution < -0.4 is 16.2 Å². The molecule has 39 heavy (non-hydrogen) atoms. The normalized spacial score (nSPS) is 12.5. The van der Waals surface area contributed by atoms with Gasteiger partial charge in [0.15, 0.2) is 5.82 Å². The molecular formula is C29H36N6O3S. The van der Waals surface area contributed by atoms with Gasteiger partial charge in [-0.25, -0.2) is 9.31 Å². The molecule has 2 aromatic carbocycles. The van der Waals surface area contributed by atoms with Gasteiger partial charge >= 0.3 is 6.09 Å². The van der Waals surface area contributed by atoms with E-state index in [0.29, 0.717) is 17.0 Å². The number of alkyl carbamates (subject to hydrolysis) is 1. The highest BCUT2D eigenvalue weighted by atomic mass is 32.2. The lowest BCUT2D eigenvalue weighted by atomic mass is 10.2. The van der Waals surface area contributed by atoms with E-state index < -0.39 is 17.7 Å². The maximum atomic E-state index is 14.1. The molecule has 0 aliphatic carbocycles. The molecule has 1 amide bonds. The first-order valence-electron chi connectivity index (χ1n) is 12.9. The van der Waals surface area contributed by atoms with Gasteiger partial charge in [0.25, 0.3) is 5.56 Å². The molecule has 2 N–H and O–H groups in total. The summed E-state index contributed by atoms with van der Waals surface area (Å²) in [6, 6.07) is 18.7. The van der Waals surface area contributed by atoms with E-state index in [9.17, 15) is 9.59 Å².